The van der Waals surface area contributed by atoms with Crippen molar-refractivity contribution >= 4 is 0 Å². The van der Waals surface area contributed by atoms with Crippen LogP contribution in [-0.2, 0) is 6.42 Å². The maximum atomic E-state index is 13.8. The fourth-order valence-corrected chi connectivity index (χ4v) is 2.10. The van der Waals surface area contributed by atoms with E-state index >= 15 is 0 Å². The molecule has 90 valence electrons. The van der Waals surface area contributed by atoms with Crippen LogP contribution in [-0.4, -0.2) is 9.78 Å². The molecule has 1 heterocycles. The Bertz CT molecular complexity index is 620. The molecule has 1 aliphatic carbocycles. The van der Waals surface area contributed by atoms with Gasteiger partial charge in [0.25, 0.3) is 0 Å². The summed E-state index contributed by atoms with van der Waals surface area (Å²) < 4.78 is 15.5. The fourth-order valence-electron chi connectivity index (χ4n) is 2.10. The highest BCUT2D eigenvalue weighted by molar-refractivity contribution is 5.37. The van der Waals surface area contributed by atoms with Crippen molar-refractivity contribution in [3.63, 3.8) is 0 Å². The smallest absolute Gasteiger partial charge is 0.148 e. The lowest BCUT2D eigenvalue weighted by atomic mass is 10.2. The van der Waals surface area contributed by atoms with Crippen LogP contribution in [0.15, 0.2) is 30.3 Å². The molecule has 0 radical (unpaired) electrons. The molecule has 1 aromatic heterocycles. The molecule has 0 amide bonds. The van der Waals surface area contributed by atoms with Crippen LogP contribution in [0.4, 0.5) is 4.39 Å². The maximum Gasteiger partial charge on any atom is 0.148 e. The van der Waals surface area contributed by atoms with E-state index in [4.69, 9.17) is 5.26 Å². The van der Waals surface area contributed by atoms with Crippen LogP contribution in [0.25, 0.3) is 5.69 Å². The highest BCUT2D eigenvalue weighted by Crippen LogP contribution is 2.41. The van der Waals surface area contributed by atoms with Gasteiger partial charge in [-0.2, -0.15) is 10.4 Å². The van der Waals surface area contributed by atoms with Gasteiger partial charge in [-0.15, -0.1) is 0 Å². The molecule has 2 aromatic rings. The summed E-state index contributed by atoms with van der Waals surface area (Å²) in [7, 11) is 0. The van der Waals surface area contributed by atoms with Crippen LogP contribution in [0.2, 0.25) is 0 Å². The van der Waals surface area contributed by atoms with Crippen molar-refractivity contribution in [2.45, 2.75) is 25.2 Å². The normalized spacial score (nSPS) is 14.4. The summed E-state index contributed by atoms with van der Waals surface area (Å²) in [4.78, 5) is 0. The van der Waals surface area contributed by atoms with Crippen molar-refractivity contribution in [2.75, 3.05) is 0 Å². The Hall–Kier alpha value is -2.15. The average Bonchev–Trinajstić information content (AvgIpc) is 3.13. The van der Waals surface area contributed by atoms with E-state index in [1.165, 1.54) is 6.07 Å². The number of hydrogen-bond acceptors (Lipinski definition) is 2. The van der Waals surface area contributed by atoms with E-state index in [9.17, 15) is 4.39 Å². The van der Waals surface area contributed by atoms with Crippen molar-refractivity contribution in [3.8, 4) is 11.8 Å². The highest BCUT2D eigenvalue weighted by atomic mass is 19.1. The van der Waals surface area contributed by atoms with E-state index in [2.05, 4.69) is 11.2 Å². The average molecular weight is 241 g/mol. The Morgan fingerprint density at radius 1 is 1.39 bits per heavy atom. The molecule has 0 aliphatic heterocycles. The van der Waals surface area contributed by atoms with Gasteiger partial charge in [0.1, 0.15) is 11.5 Å². The van der Waals surface area contributed by atoms with Gasteiger partial charge in [-0.1, -0.05) is 12.1 Å². The van der Waals surface area contributed by atoms with Gasteiger partial charge in [0.2, 0.25) is 0 Å². The van der Waals surface area contributed by atoms with Crippen LogP contribution in [0.1, 0.15) is 30.1 Å². The van der Waals surface area contributed by atoms with Gasteiger partial charge < -0.3 is 0 Å². The largest absolute Gasteiger partial charge is 0.234 e. The summed E-state index contributed by atoms with van der Waals surface area (Å²) >= 11 is 0. The number of para-hydroxylation sites is 1. The first-order valence-electron chi connectivity index (χ1n) is 6.00. The van der Waals surface area contributed by atoms with Gasteiger partial charge in [0.05, 0.1) is 18.2 Å². The minimum atomic E-state index is -0.286. The predicted molar refractivity (Wildman–Crippen MR) is 64.8 cm³/mol. The number of benzene rings is 1. The molecule has 0 atom stereocenters. The molecule has 0 N–H and O–H groups in total. The first kappa shape index (κ1) is 11.0. The Balaban J connectivity index is 2.10. The third-order valence-electron chi connectivity index (χ3n) is 3.12. The van der Waals surface area contributed by atoms with Gasteiger partial charge in [0.15, 0.2) is 0 Å². The van der Waals surface area contributed by atoms with Crippen molar-refractivity contribution < 1.29 is 4.39 Å². The molecule has 3 nitrogen and oxygen atoms in total. The first-order chi connectivity index (χ1) is 8.79. The summed E-state index contributed by atoms with van der Waals surface area (Å²) in [5, 5.41) is 13.1. The second-order valence-electron chi connectivity index (χ2n) is 4.53. The zero-order valence-corrected chi connectivity index (χ0v) is 9.81. The third kappa shape index (κ3) is 1.88. The van der Waals surface area contributed by atoms with Gasteiger partial charge in [-0.25, -0.2) is 9.07 Å². The van der Waals surface area contributed by atoms with E-state index in [0.29, 0.717) is 17.3 Å². The van der Waals surface area contributed by atoms with Gasteiger partial charge in [0, 0.05) is 11.6 Å². The van der Waals surface area contributed by atoms with Crippen molar-refractivity contribution in [1.29, 1.82) is 5.26 Å². The van der Waals surface area contributed by atoms with E-state index < -0.39 is 0 Å². The number of halogens is 1. The Labute approximate surface area is 104 Å². The van der Waals surface area contributed by atoms with Gasteiger partial charge in [-0.3, -0.25) is 0 Å². The van der Waals surface area contributed by atoms with Gasteiger partial charge >= 0.3 is 0 Å². The van der Waals surface area contributed by atoms with Crippen molar-refractivity contribution in [3.05, 3.63) is 47.5 Å². The highest BCUT2D eigenvalue weighted by Gasteiger charge is 2.29. The minimum Gasteiger partial charge on any atom is -0.234 e. The number of nitrogens with zero attached hydrogens (tertiary/aromatic N) is 3. The minimum absolute atomic E-state index is 0.265. The molecule has 3 rings (SSSR count). The molecular formula is C14H12FN3. The van der Waals surface area contributed by atoms with Crippen LogP contribution in [0.3, 0.4) is 0 Å². The lowest BCUT2D eigenvalue weighted by Gasteiger charge is -2.07. The molecule has 0 unspecified atom stereocenters. The molecule has 18 heavy (non-hydrogen) atoms. The Morgan fingerprint density at radius 3 is 2.83 bits per heavy atom. The predicted octanol–water partition coefficient (Wildman–Crippen LogP) is 2.95. The van der Waals surface area contributed by atoms with Gasteiger partial charge in [-0.05, 0) is 31.0 Å². The van der Waals surface area contributed by atoms with Crippen molar-refractivity contribution in [1.82, 2.24) is 9.78 Å². The Kier molecular flexibility index (Phi) is 2.60. The lowest BCUT2D eigenvalue weighted by Crippen LogP contribution is -2.03. The molecular weight excluding hydrogens is 229 g/mol. The quantitative estimate of drug-likeness (QED) is 0.829. The maximum absolute atomic E-state index is 13.8. The van der Waals surface area contributed by atoms with Crippen LogP contribution < -0.4 is 0 Å². The topological polar surface area (TPSA) is 41.6 Å². The molecule has 4 heteroatoms. The molecule has 1 fully saturated rings. The fraction of sp³-hybridized carbons (Fsp3) is 0.286. The molecule has 1 aromatic carbocycles. The number of nitriles is 1. The summed E-state index contributed by atoms with van der Waals surface area (Å²) in [6.07, 6.45) is 2.50. The van der Waals surface area contributed by atoms with Crippen molar-refractivity contribution in [2.24, 2.45) is 0 Å². The summed E-state index contributed by atoms with van der Waals surface area (Å²) in [5.41, 5.74) is 2.19. The van der Waals surface area contributed by atoms with Crippen LogP contribution in [0.5, 0.6) is 0 Å². The number of aromatic nitrogens is 2. The zero-order valence-electron chi connectivity index (χ0n) is 9.81. The standard InChI is InChI=1S/C14H12FN3/c15-12-3-1-2-4-13(12)18-14(10-5-6-10)9-11(17-18)7-8-16/h1-4,9-10H,5-7H2. The summed E-state index contributed by atoms with van der Waals surface area (Å²) in [6, 6.07) is 10.6. The Morgan fingerprint density at radius 2 is 2.17 bits per heavy atom. The van der Waals surface area contributed by atoms with E-state index in [1.807, 2.05) is 6.07 Å². The molecule has 1 aliphatic rings. The van der Waals surface area contributed by atoms with E-state index in [-0.39, 0.29) is 12.2 Å². The van der Waals surface area contributed by atoms with E-state index in [0.717, 1.165) is 18.5 Å². The monoisotopic (exact) mass is 241 g/mol. The number of hydrogen-bond donors (Lipinski definition) is 0. The zero-order chi connectivity index (χ0) is 12.5. The third-order valence-corrected chi connectivity index (χ3v) is 3.12. The molecule has 1 saturated carbocycles. The summed E-state index contributed by atoms with van der Waals surface area (Å²) in [6.45, 7) is 0. The SMILES string of the molecule is N#CCc1cc(C2CC2)n(-c2ccccc2F)n1. The summed E-state index contributed by atoms with van der Waals surface area (Å²) in [5.74, 6) is 0.176. The molecule has 0 saturated heterocycles. The van der Waals surface area contributed by atoms with Crippen LogP contribution >= 0.6 is 0 Å². The van der Waals surface area contributed by atoms with Crippen LogP contribution in [0, 0.1) is 17.1 Å². The second kappa shape index (κ2) is 4.26. The van der Waals surface area contributed by atoms with E-state index in [1.54, 1.807) is 22.9 Å². The second-order valence-corrected chi connectivity index (χ2v) is 4.53. The lowest BCUT2D eigenvalue weighted by molar-refractivity contribution is 0.605. The molecule has 0 spiro atoms. The first-order valence-corrected chi connectivity index (χ1v) is 6.00. The number of rotatable bonds is 3. The molecule has 0 bridgehead atoms.